The second-order valence-electron chi connectivity index (χ2n) is 6.57. The van der Waals surface area contributed by atoms with Crippen LogP contribution in [0.25, 0.3) is 0 Å². The van der Waals surface area contributed by atoms with Crippen LogP contribution in [0, 0.1) is 5.41 Å². The highest BCUT2D eigenvalue weighted by Gasteiger charge is 2.30. The van der Waals surface area contributed by atoms with E-state index in [1.165, 1.54) is 0 Å². The molecule has 0 aliphatic rings. The van der Waals surface area contributed by atoms with Crippen LogP contribution in [0.15, 0.2) is 9.59 Å². The molecule has 0 atom stereocenters. The highest BCUT2D eigenvalue weighted by Crippen LogP contribution is 2.26. The minimum absolute atomic E-state index is 0.0922. The first kappa shape index (κ1) is 12.9. The molecule has 3 heteroatoms. The van der Waals surface area contributed by atoms with Gasteiger partial charge in [0.05, 0.1) is 5.69 Å². The zero-order valence-electron chi connectivity index (χ0n) is 11.0. The smallest absolute Gasteiger partial charge is 0.249 e. The maximum atomic E-state index is 11.5. The van der Waals surface area contributed by atoms with Crippen molar-refractivity contribution in [3.8, 4) is 0 Å². The molecule has 0 bridgehead atoms. The summed E-state index contributed by atoms with van der Waals surface area (Å²) in [6.45, 7) is 12.8. The van der Waals surface area contributed by atoms with Crippen LogP contribution >= 0.6 is 0 Å². The molecule has 0 saturated heterocycles. The number of rotatable bonds is 2. The number of hydrogen-bond donors (Lipinski definition) is 1. The van der Waals surface area contributed by atoms with Gasteiger partial charge < -0.3 is 5.32 Å². The molecule has 3 nitrogen and oxygen atoms in total. The molecule has 0 fully saturated rings. The molecule has 0 radical (unpaired) electrons. The molecule has 0 aliphatic heterocycles. The predicted octanol–water partition coefficient (Wildman–Crippen LogP) is 2.04. The Balaban J connectivity index is 2.96. The molecule has 0 amide bonds. The summed E-state index contributed by atoms with van der Waals surface area (Å²) in [5.41, 5.74) is 0.299. The molecule has 1 aromatic carbocycles. The third-order valence-corrected chi connectivity index (χ3v) is 2.46. The Morgan fingerprint density at radius 3 is 1.81 bits per heavy atom. The van der Waals surface area contributed by atoms with Gasteiger partial charge in [-0.1, -0.05) is 41.5 Å². The Morgan fingerprint density at radius 1 is 0.938 bits per heavy atom. The number of anilines is 1. The molecule has 1 aromatic rings. The van der Waals surface area contributed by atoms with Gasteiger partial charge in [-0.05, 0) is 10.8 Å². The Bertz CT molecular complexity index is 451. The van der Waals surface area contributed by atoms with Gasteiger partial charge in [0.1, 0.15) is 0 Å². The van der Waals surface area contributed by atoms with Crippen LogP contribution in [-0.4, -0.2) is 6.54 Å². The van der Waals surface area contributed by atoms with E-state index in [9.17, 15) is 9.59 Å². The Hall–Kier alpha value is -1.12. The van der Waals surface area contributed by atoms with Crippen molar-refractivity contribution in [1.82, 2.24) is 0 Å². The maximum Gasteiger partial charge on any atom is 0.249 e. The first-order chi connectivity index (χ1) is 7.04. The van der Waals surface area contributed by atoms with Crippen LogP contribution in [0.1, 0.15) is 47.1 Å². The lowest BCUT2D eigenvalue weighted by Gasteiger charge is -2.26. The minimum Gasteiger partial charge on any atom is -0.381 e. The lowest BCUT2D eigenvalue weighted by atomic mass is 9.82. The quantitative estimate of drug-likeness (QED) is 0.780. The molecule has 0 heterocycles. The van der Waals surface area contributed by atoms with E-state index in [2.05, 4.69) is 26.1 Å². The molecule has 0 spiro atoms. The molecule has 0 saturated carbocycles. The third kappa shape index (κ3) is 2.52. The highest BCUT2D eigenvalue weighted by atomic mass is 16.2. The summed E-state index contributed by atoms with van der Waals surface area (Å²) in [7, 11) is 0. The maximum absolute atomic E-state index is 11.5. The van der Waals surface area contributed by atoms with Crippen molar-refractivity contribution in [2.24, 2.45) is 5.41 Å². The Morgan fingerprint density at radius 2 is 1.44 bits per heavy atom. The summed E-state index contributed by atoms with van der Waals surface area (Å²) in [5, 5.41) is 3.11. The van der Waals surface area contributed by atoms with E-state index < -0.39 is 0 Å². The third-order valence-electron chi connectivity index (χ3n) is 2.46. The van der Waals surface area contributed by atoms with Gasteiger partial charge in [0.15, 0.2) is 0 Å². The van der Waals surface area contributed by atoms with E-state index in [0.29, 0.717) is 17.8 Å². The lowest BCUT2D eigenvalue weighted by Crippen LogP contribution is -2.44. The van der Waals surface area contributed by atoms with Crippen molar-refractivity contribution in [1.29, 1.82) is 0 Å². The first-order valence-corrected chi connectivity index (χ1v) is 5.62. The summed E-state index contributed by atoms with van der Waals surface area (Å²) in [4.78, 5) is 23.0. The van der Waals surface area contributed by atoms with Gasteiger partial charge in [-0.2, -0.15) is 0 Å². The van der Waals surface area contributed by atoms with Gasteiger partial charge >= 0.3 is 0 Å². The average Bonchev–Trinajstić information content (AvgIpc) is 2.06. The second kappa shape index (κ2) is 3.72. The van der Waals surface area contributed by atoms with Crippen molar-refractivity contribution in [3.05, 3.63) is 26.0 Å². The lowest BCUT2D eigenvalue weighted by molar-refractivity contribution is 0.441. The molecule has 16 heavy (non-hydrogen) atoms. The standard InChI is InChI=1S/C13H21NO2/c1-12(2,3)7-14-9-8(13(4,5)6)10(15)11(9)16/h14H,7H2,1-6H3. The summed E-state index contributed by atoms with van der Waals surface area (Å²) in [6, 6.07) is 0. The van der Waals surface area contributed by atoms with Crippen LogP contribution in [0.3, 0.4) is 0 Å². The van der Waals surface area contributed by atoms with Gasteiger partial charge in [0, 0.05) is 12.1 Å². The van der Waals surface area contributed by atoms with Gasteiger partial charge in [0.25, 0.3) is 0 Å². The van der Waals surface area contributed by atoms with Crippen molar-refractivity contribution in [3.63, 3.8) is 0 Å². The van der Waals surface area contributed by atoms with Gasteiger partial charge in [0.2, 0.25) is 10.9 Å². The first-order valence-electron chi connectivity index (χ1n) is 5.62. The van der Waals surface area contributed by atoms with E-state index in [1.54, 1.807) is 0 Å². The fourth-order valence-electron chi connectivity index (χ4n) is 1.63. The van der Waals surface area contributed by atoms with Crippen LogP contribution in [0.2, 0.25) is 0 Å². The summed E-state index contributed by atoms with van der Waals surface area (Å²) >= 11 is 0. The largest absolute Gasteiger partial charge is 0.381 e. The molecule has 1 rings (SSSR count). The van der Waals surface area contributed by atoms with Gasteiger partial charge in [-0.15, -0.1) is 0 Å². The summed E-state index contributed by atoms with van der Waals surface area (Å²) in [6.07, 6.45) is 0. The molecule has 90 valence electrons. The molecule has 1 N–H and O–H groups in total. The Labute approximate surface area is 96.6 Å². The summed E-state index contributed by atoms with van der Waals surface area (Å²) in [5.74, 6) is 0. The van der Waals surface area contributed by atoms with E-state index in [1.807, 2.05) is 20.8 Å². The Kier molecular flexibility index (Phi) is 3.01. The van der Waals surface area contributed by atoms with Crippen molar-refractivity contribution in [2.75, 3.05) is 11.9 Å². The average molecular weight is 223 g/mol. The van der Waals surface area contributed by atoms with E-state index in [-0.39, 0.29) is 21.7 Å². The molecule has 0 unspecified atom stereocenters. The van der Waals surface area contributed by atoms with Crippen molar-refractivity contribution >= 4 is 5.69 Å². The van der Waals surface area contributed by atoms with Crippen LogP contribution in [-0.2, 0) is 5.41 Å². The van der Waals surface area contributed by atoms with Crippen LogP contribution in [0.4, 0.5) is 5.69 Å². The summed E-state index contributed by atoms with van der Waals surface area (Å²) < 4.78 is 0. The molecular formula is C13H21NO2. The van der Waals surface area contributed by atoms with Gasteiger partial charge in [-0.25, -0.2) is 0 Å². The van der Waals surface area contributed by atoms with Crippen LogP contribution < -0.4 is 16.2 Å². The molecule has 0 aliphatic carbocycles. The molecule has 0 aromatic heterocycles. The van der Waals surface area contributed by atoms with E-state index >= 15 is 0 Å². The normalized spacial score (nSPS) is 13.1. The number of nitrogens with one attached hydrogen (secondary N) is 1. The van der Waals surface area contributed by atoms with Gasteiger partial charge in [-0.3, -0.25) is 9.59 Å². The fraction of sp³-hybridized carbons (Fsp3) is 0.692. The minimum atomic E-state index is -0.367. The highest BCUT2D eigenvalue weighted by molar-refractivity contribution is 5.59. The van der Waals surface area contributed by atoms with E-state index in [0.717, 1.165) is 0 Å². The van der Waals surface area contributed by atoms with Crippen molar-refractivity contribution < 1.29 is 0 Å². The van der Waals surface area contributed by atoms with E-state index in [4.69, 9.17) is 0 Å². The topological polar surface area (TPSA) is 46.2 Å². The SMILES string of the molecule is CC(C)(C)CNc1c(C(C)(C)C)c(=O)c1=O. The molecular weight excluding hydrogens is 202 g/mol. The fourth-order valence-corrected chi connectivity index (χ4v) is 1.63. The number of hydrogen-bond acceptors (Lipinski definition) is 3. The zero-order valence-corrected chi connectivity index (χ0v) is 11.0. The monoisotopic (exact) mass is 223 g/mol. The second-order valence-corrected chi connectivity index (χ2v) is 6.57. The predicted molar refractivity (Wildman–Crippen MR) is 68.0 cm³/mol. The zero-order chi connectivity index (χ0) is 12.7. The van der Waals surface area contributed by atoms with Crippen molar-refractivity contribution in [2.45, 2.75) is 47.0 Å². The van der Waals surface area contributed by atoms with Crippen LogP contribution in [0.5, 0.6) is 0 Å².